The smallest absolute Gasteiger partial charge is 0.188 e. The van der Waals surface area contributed by atoms with E-state index in [-0.39, 0.29) is 6.42 Å². The summed E-state index contributed by atoms with van der Waals surface area (Å²) >= 11 is 4.58. The van der Waals surface area contributed by atoms with Crippen LogP contribution in [-0.4, -0.2) is 5.38 Å². The second-order valence-electron chi connectivity index (χ2n) is 1.72. The van der Waals surface area contributed by atoms with Crippen LogP contribution in [0.5, 0.6) is 0 Å². The molecular formula is C5H9ClF2. The minimum Gasteiger partial charge on any atom is -0.188 e. The van der Waals surface area contributed by atoms with Gasteiger partial charge in [0.05, 0.1) is 0 Å². The molecule has 0 aliphatic heterocycles. The van der Waals surface area contributed by atoms with Gasteiger partial charge in [-0.25, -0.2) is 0 Å². The molecule has 0 atom stereocenters. The van der Waals surface area contributed by atoms with E-state index in [1.165, 1.54) is 0 Å². The molecular weight excluding hydrogens is 134 g/mol. The van der Waals surface area contributed by atoms with Gasteiger partial charge in [-0.05, 0) is 18.0 Å². The molecule has 0 amide bonds. The maximum absolute atomic E-state index is 11.7. The SMILES string of the molecule is CCCCC(F)(F)Cl. The average Bonchev–Trinajstić information content (AvgIpc) is 1.59. The number of hydrogen-bond acceptors (Lipinski definition) is 0. The van der Waals surface area contributed by atoms with Crippen molar-refractivity contribution < 1.29 is 8.78 Å². The first-order valence-corrected chi connectivity index (χ1v) is 3.01. The molecule has 0 N–H and O–H groups in total. The quantitative estimate of drug-likeness (QED) is 0.532. The maximum atomic E-state index is 11.7. The van der Waals surface area contributed by atoms with Crippen molar-refractivity contribution in [3.05, 3.63) is 0 Å². The highest BCUT2D eigenvalue weighted by atomic mass is 35.5. The molecule has 8 heavy (non-hydrogen) atoms. The van der Waals surface area contributed by atoms with Crippen LogP contribution in [0.2, 0.25) is 0 Å². The molecule has 0 bridgehead atoms. The van der Waals surface area contributed by atoms with Gasteiger partial charge in [-0.15, -0.1) is 0 Å². The van der Waals surface area contributed by atoms with Crippen LogP contribution in [0.25, 0.3) is 0 Å². The molecule has 0 heterocycles. The summed E-state index contributed by atoms with van der Waals surface area (Å²) in [6.45, 7) is 1.85. The highest BCUT2D eigenvalue weighted by Gasteiger charge is 2.22. The number of unbranched alkanes of at least 4 members (excludes halogenated alkanes) is 1. The Labute approximate surface area is 52.8 Å². The van der Waals surface area contributed by atoms with Gasteiger partial charge in [0.15, 0.2) is 0 Å². The van der Waals surface area contributed by atoms with Crippen LogP contribution in [0.4, 0.5) is 8.78 Å². The summed E-state index contributed by atoms with van der Waals surface area (Å²) in [4.78, 5) is 0. The van der Waals surface area contributed by atoms with Crippen molar-refractivity contribution in [2.45, 2.75) is 31.6 Å². The van der Waals surface area contributed by atoms with E-state index in [1.807, 2.05) is 6.92 Å². The van der Waals surface area contributed by atoms with Crippen molar-refractivity contribution >= 4 is 11.6 Å². The first kappa shape index (κ1) is 8.15. The lowest BCUT2D eigenvalue weighted by atomic mass is 10.3. The summed E-state index contributed by atoms with van der Waals surface area (Å²) in [6, 6.07) is 0. The molecule has 50 valence electrons. The molecule has 0 saturated heterocycles. The highest BCUT2D eigenvalue weighted by molar-refractivity contribution is 6.21. The van der Waals surface area contributed by atoms with Gasteiger partial charge in [0.1, 0.15) is 0 Å². The van der Waals surface area contributed by atoms with Crippen molar-refractivity contribution in [3.8, 4) is 0 Å². The molecule has 0 radical (unpaired) electrons. The third-order valence-corrected chi connectivity index (χ3v) is 1.00. The topological polar surface area (TPSA) is 0 Å². The fourth-order valence-corrected chi connectivity index (χ4v) is 0.511. The Morgan fingerprint density at radius 2 is 2.00 bits per heavy atom. The number of halogens is 3. The van der Waals surface area contributed by atoms with E-state index >= 15 is 0 Å². The van der Waals surface area contributed by atoms with E-state index in [0.29, 0.717) is 6.42 Å². The Morgan fingerprint density at radius 3 is 2.12 bits per heavy atom. The Kier molecular flexibility index (Phi) is 3.29. The average molecular weight is 143 g/mol. The lowest BCUT2D eigenvalue weighted by Gasteiger charge is -2.03. The van der Waals surface area contributed by atoms with Crippen LogP contribution < -0.4 is 0 Å². The fourth-order valence-electron chi connectivity index (χ4n) is 0.377. The third kappa shape index (κ3) is 6.15. The van der Waals surface area contributed by atoms with Crippen LogP contribution in [0, 0.1) is 0 Å². The molecule has 0 fully saturated rings. The van der Waals surface area contributed by atoms with E-state index in [0.717, 1.165) is 6.42 Å². The first-order valence-electron chi connectivity index (χ1n) is 2.63. The first-order chi connectivity index (χ1) is 3.56. The van der Waals surface area contributed by atoms with E-state index in [4.69, 9.17) is 0 Å². The molecule has 0 aromatic rings. The Morgan fingerprint density at radius 1 is 1.50 bits per heavy atom. The van der Waals surface area contributed by atoms with E-state index in [9.17, 15) is 8.78 Å². The molecule has 0 rings (SSSR count). The Balaban J connectivity index is 3.11. The monoisotopic (exact) mass is 142 g/mol. The summed E-state index contributed by atoms with van der Waals surface area (Å²) < 4.78 is 23.3. The van der Waals surface area contributed by atoms with Crippen LogP contribution in [0.3, 0.4) is 0 Å². The van der Waals surface area contributed by atoms with Crippen LogP contribution >= 0.6 is 11.6 Å². The Bertz CT molecular complexity index is 57.9. The zero-order valence-corrected chi connectivity index (χ0v) is 5.51. The summed E-state index contributed by atoms with van der Waals surface area (Å²) in [7, 11) is 0. The number of alkyl halides is 3. The van der Waals surface area contributed by atoms with Gasteiger partial charge < -0.3 is 0 Å². The number of hydrogen-bond donors (Lipinski definition) is 0. The molecule has 0 unspecified atom stereocenters. The fraction of sp³-hybridized carbons (Fsp3) is 1.00. The van der Waals surface area contributed by atoms with Gasteiger partial charge in [-0.2, -0.15) is 8.78 Å². The van der Waals surface area contributed by atoms with Crippen molar-refractivity contribution in [3.63, 3.8) is 0 Å². The molecule has 0 aliphatic carbocycles. The van der Waals surface area contributed by atoms with Crippen LogP contribution in [-0.2, 0) is 0 Å². The van der Waals surface area contributed by atoms with Gasteiger partial charge >= 0.3 is 5.38 Å². The molecule has 0 spiro atoms. The summed E-state index contributed by atoms with van der Waals surface area (Å²) in [5, 5.41) is -2.98. The highest BCUT2D eigenvalue weighted by Crippen LogP contribution is 2.24. The predicted molar refractivity (Wildman–Crippen MR) is 30.3 cm³/mol. The molecule has 3 heteroatoms. The van der Waals surface area contributed by atoms with Crippen molar-refractivity contribution in [1.29, 1.82) is 0 Å². The second-order valence-corrected chi connectivity index (χ2v) is 2.27. The maximum Gasteiger partial charge on any atom is 0.321 e. The van der Waals surface area contributed by atoms with E-state index in [2.05, 4.69) is 11.6 Å². The normalized spacial score (nSPS) is 12.0. The second kappa shape index (κ2) is 3.23. The molecule has 0 aromatic carbocycles. The van der Waals surface area contributed by atoms with Crippen molar-refractivity contribution in [2.75, 3.05) is 0 Å². The van der Waals surface area contributed by atoms with Gasteiger partial charge in [0, 0.05) is 6.42 Å². The zero-order chi connectivity index (χ0) is 6.62. The largest absolute Gasteiger partial charge is 0.321 e. The molecule has 0 saturated carbocycles. The predicted octanol–water partition coefficient (Wildman–Crippen LogP) is 3.01. The summed E-state index contributed by atoms with van der Waals surface area (Å²) in [5.74, 6) is 0. The van der Waals surface area contributed by atoms with E-state index < -0.39 is 5.38 Å². The van der Waals surface area contributed by atoms with Crippen LogP contribution in [0.15, 0.2) is 0 Å². The molecule has 0 aromatic heterocycles. The lowest BCUT2D eigenvalue weighted by Crippen LogP contribution is -2.03. The standard InChI is InChI=1S/C5H9ClF2/c1-2-3-4-5(6,7)8/h2-4H2,1H3. The van der Waals surface area contributed by atoms with E-state index in [1.54, 1.807) is 0 Å². The van der Waals surface area contributed by atoms with Gasteiger partial charge in [0.2, 0.25) is 0 Å². The summed E-state index contributed by atoms with van der Waals surface area (Å²) in [6.07, 6.45) is 1.06. The molecule has 0 aliphatic rings. The van der Waals surface area contributed by atoms with Gasteiger partial charge in [-0.1, -0.05) is 13.3 Å². The third-order valence-electron chi connectivity index (χ3n) is 0.814. The number of rotatable bonds is 3. The lowest BCUT2D eigenvalue weighted by molar-refractivity contribution is 0.0835. The molecule has 0 nitrogen and oxygen atoms in total. The van der Waals surface area contributed by atoms with Gasteiger partial charge in [-0.3, -0.25) is 0 Å². The Hall–Kier alpha value is 0.150. The van der Waals surface area contributed by atoms with Crippen LogP contribution in [0.1, 0.15) is 26.2 Å². The zero-order valence-electron chi connectivity index (χ0n) is 4.76. The van der Waals surface area contributed by atoms with Crippen molar-refractivity contribution in [1.82, 2.24) is 0 Å². The van der Waals surface area contributed by atoms with Crippen molar-refractivity contribution in [2.24, 2.45) is 0 Å². The summed E-state index contributed by atoms with van der Waals surface area (Å²) in [5.41, 5.74) is 0. The minimum absolute atomic E-state index is 0.203. The minimum atomic E-state index is -2.98. The van der Waals surface area contributed by atoms with Gasteiger partial charge in [0.25, 0.3) is 0 Å².